The molecule has 0 fully saturated rings. The lowest BCUT2D eigenvalue weighted by atomic mass is 10.2. The fourth-order valence-electron chi connectivity index (χ4n) is 1.84. The molecule has 1 aromatic carbocycles. The van der Waals surface area contributed by atoms with Gasteiger partial charge in [-0.3, -0.25) is 4.79 Å². The van der Waals surface area contributed by atoms with Gasteiger partial charge < -0.3 is 14.6 Å². The highest BCUT2D eigenvalue weighted by molar-refractivity contribution is 9.10. The lowest BCUT2D eigenvalue weighted by Gasteiger charge is -2.09. The number of amides is 1. The molecule has 1 amide bonds. The third kappa shape index (κ3) is 3.01. The predicted molar refractivity (Wildman–Crippen MR) is 78.7 cm³/mol. The Kier molecular flexibility index (Phi) is 4.44. The molecule has 0 aliphatic heterocycles. The predicted octanol–water partition coefficient (Wildman–Crippen LogP) is 3.67. The number of aromatic nitrogens is 1. The summed E-state index contributed by atoms with van der Waals surface area (Å²) in [6, 6.07) is 5.89. The number of ether oxygens (including phenoxy) is 1. The van der Waals surface area contributed by atoms with Crippen LogP contribution in [0.15, 0.2) is 34.9 Å². The van der Waals surface area contributed by atoms with Crippen molar-refractivity contribution in [3.05, 3.63) is 46.4 Å². The van der Waals surface area contributed by atoms with E-state index in [1.54, 1.807) is 16.8 Å². The van der Waals surface area contributed by atoms with Gasteiger partial charge in [-0.25, -0.2) is 4.39 Å². The fourth-order valence-corrected chi connectivity index (χ4v) is 2.30. The summed E-state index contributed by atoms with van der Waals surface area (Å²) in [6.45, 7) is 2.57. The highest BCUT2D eigenvalue weighted by atomic mass is 79.9. The second-order valence-corrected chi connectivity index (χ2v) is 5.05. The molecule has 0 unspecified atom stereocenters. The number of nitrogens with zero attached hydrogens (tertiary/aromatic N) is 1. The van der Waals surface area contributed by atoms with Gasteiger partial charge in [0.05, 0.1) is 12.8 Å². The number of carbonyl (C=O) groups is 1. The number of methoxy groups -OCH3 is 1. The Hall–Kier alpha value is -1.82. The van der Waals surface area contributed by atoms with Crippen molar-refractivity contribution in [1.29, 1.82) is 0 Å². The van der Waals surface area contributed by atoms with Crippen molar-refractivity contribution in [1.82, 2.24) is 4.57 Å². The van der Waals surface area contributed by atoms with E-state index < -0.39 is 5.82 Å². The molecular weight excluding hydrogens is 327 g/mol. The van der Waals surface area contributed by atoms with E-state index in [1.165, 1.54) is 25.3 Å². The smallest absolute Gasteiger partial charge is 0.272 e. The second kappa shape index (κ2) is 6.09. The lowest BCUT2D eigenvalue weighted by molar-refractivity contribution is 0.101. The van der Waals surface area contributed by atoms with Gasteiger partial charge in [0.25, 0.3) is 5.91 Å². The number of hydrogen-bond acceptors (Lipinski definition) is 2. The van der Waals surface area contributed by atoms with Crippen LogP contribution in [0, 0.1) is 5.82 Å². The Balaban J connectivity index is 2.27. The summed E-state index contributed by atoms with van der Waals surface area (Å²) in [7, 11) is 1.48. The summed E-state index contributed by atoms with van der Waals surface area (Å²) < 4.78 is 21.3. The largest absolute Gasteiger partial charge is 0.497 e. The molecule has 0 atom stereocenters. The first-order valence-electron chi connectivity index (χ1n) is 6.05. The van der Waals surface area contributed by atoms with Gasteiger partial charge in [0.15, 0.2) is 0 Å². The topological polar surface area (TPSA) is 43.3 Å². The van der Waals surface area contributed by atoms with Crippen LogP contribution in [-0.4, -0.2) is 17.6 Å². The molecule has 106 valence electrons. The summed E-state index contributed by atoms with van der Waals surface area (Å²) in [5.74, 6) is -0.397. The zero-order valence-electron chi connectivity index (χ0n) is 11.1. The van der Waals surface area contributed by atoms with Gasteiger partial charge in [-0.1, -0.05) is 0 Å². The third-order valence-electron chi connectivity index (χ3n) is 2.86. The van der Waals surface area contributed by atoms with Crippen LogP contribution in [0.2, 0.25) is 0 Å². The molecule has 1 heterocycles. The molecule has 0 saturated heterocycles. The molecule has 0 radical (unpaired) electrons. The van der Waals surface area contributed by atoms with Crippen molar-refractivity contribution in [2.75, 3.05) is 12.4 Å². The molecule has 2 aromatic rings. The van der Waals surface area contributed by atoms with Crippen LogP contribution in [0.25, 0.3) is 0 Å². The minimum atomic E-state index is -0.507. The first-order chi connectivity index (χ1) is 9.55. The Bertz CT molecular complexity index is 640. The van der Waals surface area contributed by atoms with E-state index in [-0.39, 0.29) is 11.6 Å². The van der Waals surface area contributed by atoms with Crippen molar-refractivity contribution in [3.63, 3.8) is 0 Å². The molecule has 0 bridgehead atoms. The van der Waals surface area contributed by atoms with E-state index in [4.69, 9.17) is 4.74 Å². The first kappa shape index (κ1) is 14.6. The average Bonchev–Trinajstić information content (AvgIpc) is 2.82. The summed E-state index contributed by atoms with van der Waals surface area (Å²) in [4.78, 5) is 12.2. The standard InChI is InChI=1S/C14H14BrFN2O2/c1-3-18-8-9(15)6-13(18)14(19)17-12-7-10(20-2)4-5-11(12)16/h4-8H,3H2,1-2H3,(H,17,19). The number of aryl methyl sites for hydroxylation is 1. The summed E-state index contributed by atoms with van der Waals surface area (Å²) in [6.07, 6.45) is 1.80. The molecule has 0 saturated carbocycles. The van der Waals surface area contributed by atoms with Crippen LogP contribution in [0.4, 0.5) is 10.1 Å². The minimum Gasteiger partial charge on any atom is -0.497 e. The molecular formula is C14H14BrFN2O2. The second-order valence-electron chi connectivity index (χ2n) is 4.13. The molecule has 0 spiro atoms. The van der Waals surface area contributed by atoms with E-state index in [0.29, 0.717) is 18.0 Å². The highest BCUT2D eigenvalue weighted by Crippen LogP contribution is 2.22. The van der Waals surface area contributed by atoms with E-state index in [2.05, 4.69) is 21.2 Å². The highest BCUT2D eigenvalue weighted by Gasteiger charge is 2.14. The summed E-state index contributed by atoms with van der Waals surface area (Å²) >= 11 is 3.32. The monoisotopic (exact) mass is 340 g/mol. The molecule has 6 heteroatoms. The SMILES string of the molecule is CCn1cc(Br)cc1C(=O)Nc1cc(OC)ccc1F. The van der Waals surface area contributed by atoms with Crippen molar-refractivity contribution < 1.29 is 13.9 Å². The maximum Gasteiger partial charge on any atom is 0.272 e. The molecule has 20 heavy (non-hydrogen) atoms. The van der Waals surface area contributed by atoms with Gasteiger partial charge in [-0.05, 0) is 41.1 Å². The average molecular weight is 341 g/mol. The molecule has 1 aromatic heterocycles. The quantitative estimate of drug-likeness (QED) is 0.922. The third-order valence-corrected chi connectivity index (χ3v) is 3.29. The normalized spacial score (nSPS) is 10.4. The zero-order chi connectivity index (χ0) is 14.7. The van der Waals surface area contributed by atoms with Crippen LogP contribution in [-0.2, 0) is 6.54 Å². The van der Waals surface area contributed by atoms with Gasteiger partial charge in [0, 0.05) is 23.3 Å². The van der Waals surface area contributed by atoms with Gasteiger partial charge in [-0.15, -0.1) is 0 Å². The number of carbonyl (C=O) groups excluding carboxylic acids is 1. The van der Waals surface area contributed by atoms with Crippen LogP contribution < -0.4 is 10.1 Å². The first-order valence-corrected chi connectivity index (χ1v) is 6.85. The molecule has 4 nitrogen and oxygen atoms in total. The molecule has 1 N–H and O–H groups in total. The van der Waals surface area contributed by atoms with Crippen molar-refractivity contribution >= 4 is 27.5 Å². The Morgan fingerprint density at radius 3 is 2.85 bits per heavy atom. The van der Waals surface area contributed by atoms with Gasteiger partial charge in [0.2, 0.25) is 0 Å². The summed E-state index contributed by atoms with van der Waals surface area (Å²) in [5, 5.41) is 2.55. The Morgan fingerprint density at radius 1 is 1.45 bits per heavy atom. The minimum absolute atomic E-state index is 0.0920. The van der Waals surface area contributed by atoms with E-state index >= 15 is 0 Å². The summed E-state index contributed by atoms with van der Waals surface area (Å²) in [5.41, 5.74) is 0.552. The van der Waals surface area contributed by atoms with E-state index in [1.807, 2.05) is 6.92 Å². The number of nitrogens with one attached hydrogen (secondary N) is 1. The molecule has 0 aliphatic carbocycles. The lowest BCUT2D eigenvalue weighted by Crippen LogP contribution is -2.17. The van der Waals surface area contributed by atoms with Crippen LogP contribution in [0.3, 0.4) is 0 Å². The van der Waals surface area contributed by atoms with Gasteiger partial charge in [-0.2, -0.15) is 0 Å². The van der Waals surface area contributed by atoms with E-state index in [9.17, 15) is 9.18 Å². The maximum atomic E-state index is 13.7. The van der Waals surface area contributed by atoms with Gasteiger partial charge in [0.1, 0.15) is 17.3 Å². The number of halogens is 2. The number of anilines is 1. The molecule has 0 aliphatic rings. The maximum absolute atomic E-state index is 13.7. The Morgan fingerprint density at radius 2 is 2.20 bits per heavy atom. The number of rotatable bonds is 4. The van der Waals surface area contributed by atoms with Crippen LogP contribution in [0.5, 0.6) is 5.75 Å². The zero-order valence-corrected chi connectivity index (χ0v) is 12.7. The number of hydrogen-bond donors (Lipinski definition) is 1. The van der Waals surface area contributed by atoms with Crippen molar-refractivity contribution in [2.24, 2.45) is 0 Å². The Labute approximate surface area is 124 Å². The van der Waals surface area contributed by atoms with Crippen LogP contribution >= 0.6 is 15.9 Å². The molecule has 2 rings (SSSR count). The van der Waals surface area contributed by atoms with Gasteiger partial charge >= 0.3 is 0 Å². The van der Waals surface area contributed by atoms with Crippen LogP contribution in [0.1, 0.15) is 17.4 Å². The van der Waals surface area contributed by atoms with E-state index in [0.717, 1.165) is 4.47 Å². The van der Waals surface area contributed by atoms with Crippen molar-refractivity contribution in [3.8, 4) is 5.75 Å². The fraction of sp³-hybridized carbons (Fsp3) is 0.214. The number of benzene rings is 1. The van der Waals surface area contributed by atoms with Crippen molar-refractivity contribution in [2.45, 2.75) is 13.5 Å².